The quantitative estimate of drug-likeness (QED) is 0.570. The van der Waals surface area contributed by atoms with Crippen molar-refractivity contribution >= 4 is 0 Å². The molecule has 0 amide bonds. The Hall–Kier alpha value is 0. The van der Waals surface area contributed by atoms with Crippen LogP contribution in [0.2, 0.25) is 0 Å². The SMILES string of the molecule is CCC12CCC(C)C(C)C1(C)C2C. The average Bonchev–Trinajstić information content (AvgIpc) is 2.62. The molecular formula is C13H24. The molecule has 0 bridgehead atoms. The molecule has 0 heteroatoms. The van der Waals surface area contributed by atoms with Gasteiger partial charge in [-0.15, -0.1) is 0 Å². The van der Waals surface area contributed by atoms with Crippen molar-refractivity contribution < 1.29 is 0 Å². The molecule has 0 heterocycles. The van der Waals surface area contributed by atoms with Gasteiger partial charge in [0.1, 0.15) is 0 Å². The van der Waals surface area contributed by atoms with Gasteiger partial charge in [0.2, 0.25) is 0 Å². The second-order valence-corrected chi connectivity index (χ2v) is 5.82. The summed E-state index contributed by atoms with van der Waals surface area (Å²) in [5.41, 5.74) is 1.42. The van der Waals surface area contributed by atoms with Crippen molar-refractivity contribution in [3.63, 3.8) is 0 Å². The number of fused-ring (bicyclic) bond motifs is 1. The number of hydrogen-bond acceptors (Lipinski definition) is 0. The van der Waals surface area contributed by atoms with Crippen LogP contribution in [0.5, 0.6) is 0 Å². The van der Waals surface area contributed by atoms with E-state index in [0.717, 1.165) is 23.2 Å². The summed E-state index contributed by atoms with van der Waals surface area (Å²) >= 11 is 0. The van der Waals surface area contributed by atoms with Gasteiger partial charge in [0.25, 0.3) is 0 Å². The van der Waals surface area contributed by atoms with E-state index in [1.165, 1.54) is 19.3 Å². The monoisotopic (exact) mass is 180 g/mol. The van der Waals surface area contributed by atoms with E-state index in [4.69, 9.17) is 0 Å². The molecule has 76 valence electrons. The molecule has 13 heavy (non-hydrogen) atoms. The molecule has 2 aliphatic carbocycles. The lowest BCUT2D eigenvalue weighted by molar-refractivity contribution is 0.121. The van der Waals surface area contributed by atoms with Crippen molar-refractivity contribution in [2.24, 2.45) is 28.6 Å². The molecule has 0 radical (unpaired) electrons. The molecule has 0 aromatic rings. The summed E-state index contributed by atoms with van der Waals surface area (Å²) in [6, 6.07) is 0. The van der Waals surface area contributed by atoms with Crippen LogP contribution >= 0.6 is 0 Å². The summed E-state index contributed by atoms with van der Waals surface area (Å²) in [5, 5.41) is 0. The second kappa shape index (κ2) is 2.52. The molecular weight excluding hydrogens is 156 g/mol. The van der Waals surface area contributed by atoms with Crippen LogP contribution in [0.25, 0.3) is 0 Å². The molecule has 2 rings (SSSR count). The maximum atomic E-state index is 2.54. The lowest BCUT2D eigenvalue weighted by Gasteiger charge is -2.37. The van der Waals surface area contributed by atoms with E-state index in [-0.39, 0.29) is 0 Å². The van der Waals surface area contributed by atoms with E-state index in [2.05, 4.69) is 34.6 Å². The molecule has 0 spiro atoms. The summed E-state index contributed by atoms with van der Waals surface area (Å²) in [7, 11) is 0. The summed E-state index contributed by atoms with van der Waals surface area (Å²) in [5.74, 6) is 2.87. The third-order valence-electron chi connectivity index (χ3n) is 6.19. The third kappa shape index (κ3) is 0.831. The highest BCUT2D eigenvalue weighted by Crippen LogP contribution is 2.79. The van der Waals surface area contributed by atoms with Crippen LogP contribution < -0.4 is 0 Å². The zero-order valence-corrected chi connectivity index (χ0v) is 9.85. The second-order valence-electron chi connectivity index (χ2n) is 5.82. The standard InChI is InChI=1S/C13H24/c1-6-13-8-7-9(2)10(3)12(13,5)11(13)4/h9-11H,6-8H2,1-5H3. The predicted molar refractivity (Wildman–Crippen MR) is 57.6 cm³/mol. The van der Waals surface area contributed by atoms with Gasteiger partial charge in [0, 0.05) is 0 Å². The fourth-order valence-corrected chi connectivity index (χ4v) is 4.58. The van der Waals surface area contributed by atoms with E-state index < -0.39 is 0 Å². The van der Waals surface area contributed by atoms with Crippen molar-refractivity contribution in [1.82, 2.24) is 0 Å². The van der Waals surface area contributed by atoms with E-state index >= 15 is 0 Å². The highest BCUT2D eigenvalue weighted by Gasteiger charge is 2.73. The maximum Gasteiger partial charge on any atom is -0.0207 e. The Bertz CT molecular complexity index is 220. The van der Waals surface area contributed by atoms with Gasteiger partial charge in [-0.2, -0.15) is 0 Å². The summed E-state index contributed by atoms with van der Waals surface area (Å²) in [6.07, 6.45) is 4.36. The maximum absolute atomic E-state index is 2.54. The van der Waals surface area contributed by atoms with Crippen molar-refractivity contribution in [1.29, 1.82) is 0 Å². The van der Waals surface area contributed by atoms with Gasteiger partial charge in [-0.25, -0.2) is 0 Å². The zero-order chi connectivity index (χ0) is 9.85. The first-order chi connectivity index (χ1) is 6.00. The molecule has 0 aromatic carbocycles. The molecule has 0 aromatic heterocycles. The Morgan fingerprint density at radius 3 is 2.38 bits per heavy atom. The van der Waals surface area contributed by atoms with E-state index in [0.29, 0.717) is 5.41 Å². The van der Waals surface area contributed by atoms with Gasteiger partial charge in [0.05, 0.1) is 0 Å². The Kier molecular flexibility index (Phi) is 1.85. The van der Waals surface area contributed by atoms with Gasteiger partial charge >= 0.3 is 0 Å². The molecule has 0 nitrogen and oxygen atoms in total. The predicted octanol–water partition coefficient (Wildman–Crippen LogP) is 4.10. The van der Waals surface area contributed by atoms with Crippen LogP contribution in [0, 0.1) is 28.6 Å². The Morgan fingerprint density at radius 1 is 1.23 bits per heavy atom. The molecule has 0 saturated heterocycles. The summed E-state index contributed by atoms with van der Waals surface area (Å²) in [6.45, 7) is 12.3. The van der Waals surface area contributed by atoms with Crippen LogP contribution in [0.1, 0.15) is 53.9 Å². The first-order valence-corrected chi connectivity index (χ1v) is 6.00. The average molecular weight is 180 g/mol. The molecule has 2 saturated carbocycles. The largest absolute Gasteiger partial charge is 0.0648 e. The summed E-state index contributed by atoms with van der Waals surface area (Å²) < 4.78 is 0. The lowest BCUT2D eigenvalue weighted by Crippen LogP contribution is -2.29. The topological polar surface area (TPSA) is 0 Å². The normalized spacial score (nSPS) is 60.2. The van der Waals surface area contributed by atoms with Gasteiger partial charge in [-0.05, 0) is 47.8 Å². The Balaban J connectivity index is 2.28. The molecule has 2 aliphatic rings. The first-order valence-electron chi connectivity index (χ1n) is 6.00. The lowest BCUT2D eigenvalue weighted by atomic mass is 9.68. The summed E-state index contributed by atoms with van der Waals surface area (Å²) in [4.78, 5) is 0. The van der Waals surface area contributed by atoms with Crippen LogP contribution in [-0.2, 0) is 0 Å². The Morgan fingerprint density at radius 2 is 1.85 bits per heavy atom. The Labute approximate surface area is 83.1 Å². The van der Waals surface area contributed by atoms with E-state index in [1.54, 1.807) is 0 Å². The molecule has 2 fully saturated rings. The minimum atomic E-state index is 0.680. The van der Waals surface area contributed by atoms with E-state index in [9.17, 15) is 0 Å². The van der Waals surface area contributed by atoms with Crippen LogP contribution in [0.3, 0.4) is 0 Å². The minimum absolute atomic E-state index is 0.680. The number of rotatable bonds is 1. The minimum Gasteiger partial charge on any atom is -0.0648 e. The number of hydrogen-bond donors (Lipinski definition) is 0. The van der Waals surface area contributed by atoms with Gasteiger partial charge in [-0.1, -0.05) is 34.6 Å². The van der Waals surface area contributed by atoms with Crippen LogP contribution in [-0.4, -0.2) is 0 Å². The molecule has 0 aliphatic heterocycles. The van der Waals surface area contributed by atoms with Crippen molar-refractivity contribution in [2.45, 2.75) is 53.9 Å². The van der Waals surface area contributed by atoms with Crippen LogP contribution in [0.4, 0.5) is 0 Å². The van der Waals surface area contributed by atoms with Crippen molar-refractivity contribution in [2.75, 3.05) is 0 Å². The third-order valence-corrected chi connectivity index (χ3v) is 6.19. The first kappa shape index (κ1) is 9.55. The highest BCUT2D eigenvalue weighted by atomic mass is 14.8. The van der Waals surface area contributed by atoms with Gasteiger partial charge < -0.3 is 0 Å². The molecule has 5 unspecified atom stereocenters. The van der Waals surface area contributed by atoms with E-state index in [1.807, 2.05) is 0 Å². The van der Waals surface area contributed by atoms with Gasteiger partial charge in [0.15, 0.2) is 0 Å². The van der Waals surface area contributed by atoms with Crippen LogP contribution in [0.15, 0.2) is 0 Å². The zero-order valence-electron chi connectivity index (χ0n) is 9.85. The highest BCUT2D eigenvalue weighted by molar-refractivity contribution is 5.21. The fraction of sp³-hybridized carbons (Fsp3) is 1.00. The molecule has 5 atom stereocenters. The fourth-order valence-electron chi connectivity index (χ4n) is 4.58. The molecule has 0 N–H and O–H groups in total. The smallest absolute Gasteiger partial charge is 0.0207 e. The van der Waals surface area contributed by atoms with Crippen molar-refractivity contribution in [3.8, 4) is 0 Å². The van der Waals surface area contributed by atoms with Crippen molar-refractivity contribution in [3.05, 3.63) is 0 Å². The van der Waals surface area contributed by atoms with Gasteiger partial charge in [-0.3, -0.25) is 0 Å².